The normalized spacial score (nSPS) is 20.5. The van der Waals surface area contributed by atoms with E-state index >= 15 is 0 Å². The van der Waals surface area contributed by atoms with Gasteiger partial charge in [-0.25, -0.2) is 0 Å². The molecule has 0 spiro atoms. The van der Waals surface area contributed by atoms with Crippen molar-refractivity contribution in [3.8, 4) is 11.5 Å². The maximum absolute atomic E-state index is 12.3. The van der Waals surface area contributed by atoms with Crippen LogP contribution in [-0.4, -0.2) is 28.9 Å². The zero-order valence-electron chi connectivity index (χ0n) is 11.8. The summed E-state index contributed by atoms with van der Waals surface area (Å²) in [6, 6.07) is 5.36. The molecule has 5 nitrogen and oxygen atoms in total. The zero-order chi connectivity index (χ0) is 15.0. The van der Waals surface area contributed by atoms with Gasteiger partial charge in [0.15, 0.2) is 11.5 Å². The fraction of sp³-hybridized carbons (Fsp3) is 0.333. The van der Waals surface area contributed by atoms with Crippen LogP contribution in [0.3, 0.4) is 0 Å². The molecule has 2 aliphatic rings. The summed E-state index contributed by atoms with van der Waals surface area (Å²) >= 11 is 0.980. The Hall–Kier alpha value is -1.95. The standard InChI is InChI=1S/C15H15NO4S/c1-3-9(2)16-14(17)13(21-15(16)18)7-10-4-5-11-12(6-10)20-8-19-11/h4-7,9H,3,8H2,1-2H3/b13-7+/t9-/m0/s1. The van der Waals surface area contributed by atoms with Crippen LogP contribution in [0.1, 0.15) is 25.8 Å². The largest absolute Gasteiger partial charge is 0.454 e. The molecule has 0 unspecified atom stereocenters. The van der Waals surface area contributed by atoms with E-state index in [4.69, 9.17) is 9.47 Å². The van der Waals surface area contributed by atoms with Gasteiger partial charge in [0.1, 0.15) is 0 Å². The molecule has 6 heteroatoms. The van der Waals surface area contributed by atoms with Gasteiger partial charge in [0.25, 0.3) is 11.1 Å². The predicted molar refractivity (Wildman–Crippen MR) is 80.1 cm³/mol. The van der Waals surface area contributed by atoms with Crippen LogP contribution in [0.15, 0.2) is 23.1 Å². The molecule has 2 aliphatic heterocycles. The Morgan fingerprint density at radius 1 is 1.33 bits per heavy atom. The SMILES string of the molecule is CC[C@H](C)N1C(=O)S/C(=C/c2ccc3c(c2)OCO3)C1=O. The van der Waals surface area contributed by atoms with Gasteiger partial charge in [0, 0.05) is 6.04 Å². The molecule has 1 atom stereocenters. The van der Waals surface area contributed by atoms with E-state index in [1.54, 1.807) is 18.2 Å². The van der Waals surface area contributed by atoms with Gasteiger partial charge in [-0.2, -0.15) is 0 Å². The number of thioether (sulfide) groups is 1. The van der Waals surface area contributed by atoms with E-state index in [0.29, 0.717) is 16.4 Å². The number of carbonyl (C=O) groups excluding carboxylic acids is 2. The molecule has 0 aliphatic carbocycles. The average molecular weight is 305 g/mol. The van der Waals surface area contributed by atoms with Gasteiger partial charge in [0.05, 0.1) is 4.91 Å². The highest BCUT2D eigenvalue weighted by molar-refractivity contribution is 8.18. The van der Waals surface area contributed by atoms with E-state index in [1.165, 1.54) is 4.90 Å². The number of carbonyl (C=O) groups is 2. The van der Waals surface area contributed by atoms with E-state index in [2.05, 4.69) is 0 Å². The summed E-state index contributed by atoms with van der Waals surface area (Å²) in [6.45, 7) is 4.04. The number of hydrogen-bond donors (Lipinski definition) is 0. The summed E-state index contributed by atoms with van der Waals surface area (Å²) in [5, 5.41) is -0.207. The monoisotopic (exact) mass is 305 g/mol. The van der Waals surface area contributed by atoms with E-state index in [1.807, 2.05) is 19.9 Å². The Bertz CT molecular complexity index is 641. The lowest BCUT2D eigenvalue weighted by Gasteiger charge is -2.19. The number of imide groups is 1. The predicted octanol–water partition coefficient (Wildman–Crippen LogP) is 3.25. The van der Waals surface area contributed by atoms with Crippen molar-refractivity contribution in [1.29, 1.82) is 0 Å². The third-order valence-electron chi connectivity index (χ3n) is 3.55. The molecule has 0 bridgehead atoms. The van der Waals surface area contributed by atoms with Crippen molar-refractivity contribution in [3.05, 3.63) is 28.7 Å². The Labute approximate surface area is 126 Å². The molecule has 3 rings (SSSR count). The van der Waals surface area contributed by atoms with Gasteiger partial charge < -0.3 is 9.47 Å². The first kappa shape index (κ1) is 14.0. The fourth-order valence-electron chi connectivity index (χ4n) is 2.20. The van der Waals surface area contributed by atoms with Crippen molar-refractivity contribution in [2.45, 2.75) is 26.3 Å². The Morgan fingerprint density at radius 2 is 2.10 bits per heavy atom. The summed E-state index contributed by atoms with van der Waals surface area (Å²) in [7, 11) is 0. The lowest BCUT2D eigenvalue weighted by atomic mass is 10.1. The Morgan fingerprint density at radius 3 is 2.86 bits per heavy atom. The third-order valence-corrected chi connectivity index (χ3v) is 4.43. The van der Waals surface area contributed by atoms with E-state index in [9.17, 15) is 9.59 Å². The number of hydrogen-bond acceptors (Lipinski definition) is 5. The van der Waals surface area contributed by atoms with Crippen LogP contribution in [0.25, 0.3) is 6.08 Å². The summed E-state index contributed by atoms with van der Waals surface area (Å²) < 4.78 is 10.6. The lowest BCUT2D eigenvalue weighted by Crippen LogP contribution is -2.36. The summed E-state index contributed by atoms with van der Waals surface area (Å²) in [5.41, 5.74) is 0.814. The van der Waals surface area contributed by atoms with Gasteiger partial charge >= 0.3 is 0 Å². The minimum absolute atomic E-state index is 0.0832. The molecule has 0 radical (unpaired) electrons. The van der Waals surface area contributed by atoms with Crippen LogP contribution in [0.5, 0.6) is 11.5 Å². The number of amides is 2. The van der Waals surface area contributed by atoms with E-state index in [-0.39, 0.29) is 24.0 Å². The van der Waals surface area contributed by atoms with Crippen molar-refractivity contribution in [2.75, 3.05) is 6.79 Å². The second kappa shape index (κ2) is 5.44. The molecule has 0 saturated carbocycles. The summed E-state index contributed by atoms with van der Waals surface area (Å²) in [6.07, 6.45) is 2.46. The van der Waals surface area contributed by atoms with Crippen LogP contribution in [0.2, 0.25) is 0 Å². The highest BCUT2D eigenvalue weighted by Crippen LogP contribution is 2.37. The molecular weight excluding hydrogens is 290 g/mol. The van der Waals surface area contributed by atoms with Crippen LogP contribution in [0, 0.1) is 0 Å². The van der Waals surface area contributed by atoms with Gasteiger partial charge in [-0.1, -0.05) is 13.0 Å². The van der Waals surface area contributed by atoms with Crippen LogP contribution < -0.4 is 9.47 Å². The van der Waals surface area contributed by atoms with Crippen molar-refractivity contribution < 1.29 is 19.1 Å². The highest BCUT2D eigenvalue weighted by atomic mass is 32.2. The van der Waals surface area contributed by atoms with Crippen molar-refractivity contribution in [1.82, 2.24) is 4.90 Å². The minimum Gasteiger partial charge on any atom is -0.454 e. The highest BCUT2D eigenvalue weighted by Gasteiger charge is 2.37. The second-order valence-electron chi connectivity index (χ2n) is 4.92. The lowest BCUT2D eigenvalue weighted by molar-refractivity contribution is -0.124. The number of ether oxygens (including phenoxy) is 2. The number of benzene rings is 1. The second-order valence-corrected chi connectivity index (χ2v) is 5.91. The maximum Gasteiger partial charge on any atom is 0.293 e. The minimum atomic E-state index is -0.225. The molecule has 0 N–H and O–H groups in total. The molecule has 1 aromatic carbocycles. The average Bonchev–Trinajstić information content (AvgIpc) is 3.03. The number of nitrogens with zero attached hydrogens (tertiary/aromatic N) is 1. The van der Waals surface area contributed by atoms with Gasteiger partial charge in [-0.3, -0.25) is 14.5 Å². The first-order chi connectivity index (χ1) is 10.1. The third kappa shape index (κ3) is 2.51. The molecule has 21 heavy (non-hydrogen) atoms. The molecule has 0 aromatic heterocycles. The first-order valence-corrected chi connectivity index (χ1v) is 7.58. The fourth-order valence-corrected chi connectivity index (χ4v) is 3.13. The molecular formula is C15H15NO4S. The van der Waals surface area contributed by atoms with Crippen LogP contribution in [-0.2, 0) is 4.79 Å². The summed E-state index contributed by atoms with van der Waals surface area (Å²) in [5.74, 6) is 1.13. The number of rotatable bonds is 3. The molecule has 1 saturated heterocycles. The van der Waals surface area contributed by atoms with E-state index < -0.39 is 0 Å². The van der Waals surface area contributed by atoms with Gasteiger partial charge in [0.2, 0.25) is 6.79 Å². The molecule has 1 aromatic rings. The van der Waals surface area contributed by atoms with Crippen molar-refractivity contribution in [2.24, 2.45) is 0 Å². The molecule has 2 amide bonds. The van der Waals surface area contributed by atoms with Crippen molar-refractivity contribution in [3.63, 3.8) is 0 Å². The summed E-state index contributed by atoms with van der Waals surface area (Å²) in [4.78, 5) is 26.0. The smallest absolute Gasteiger partial charge is 0.293 e. The Kier molecular flexibility index (Phi) is 3.63. The molecule has 2 heterocycles. The maximum atomic E-state index is 12.3. The Balaban J connectivity index is 1.87. The van der Waals surface area contributed by atoms with Gasteiger partial charge in [-0.05, 0) is 48.9 Å². The molecule has 110 valence electrons. The van der Waals surface area contributed by atoms with Gasteiger partial charge in [-0.15, -0.1) is 0 Å². The van der Waals surface area contributed by atoms with E-state index in [0.717, 1.165) is 23.7 Å². The molecule has 1 fully saturated rings. The number of fused-ring (bicyclic) bond motifs is 1. The van der Waals surface area contributed by atoms with Crippen LogP contribution in [0.4, 0.5) is 4.79 Å². The van der Waals surface area contributed by atoms with Crippen LogP contribution >= 0.6 is 11.8 Å². The first-order valence-electron chi connectivity index (χ1n) is 6.77. The quantitative estimate of drug-likeness (QED) is 0.802. The zero-order valence-corrected chi connectivity index (χ0v) is 12.6. The topological polar surface area (TPSA) is 55.8 Å². The van der Waals surface area contributed by atoms with Crippen molar-refractivity contribution >= 4 is 29.0 Å².